The fourth-order valence-corrected chi connectivity index (χ4v) is 7.16. The van der Waals surface area contributed by atoms with Crippen molar-refractivity contribution in [1.82, 2.24) is 24.2 Å². The summed E-state index contributed by atoms with van der Waals surface area (Å²) >= 11 is 0. The molecule has 0 radical (unpaired) electrons. The van der Waals surface area contributed by atoms with Crippen LogP contribution >= 0.6 is 0 Å². The summed E-state index contributed by atoms with van der Waals surface area (Å²) in [5.41, 5.74) is 8.08. The summed E-state index contributed by atoms with van der Waals surface area (Å²) in [6.07, 6.45) is 5.20. The van der Waals surface area contributed by atoms with Gasteiger partial charge in [-0.15, -0.1) is 0 Å². The van der Waals surface area contributed by atoms with Gasteiger partial charge in [0.2, 0.25) is 0 Å². The smallest absolute Gasteiger partial charge is 0.407 e. The summed E-state index contributed by atoms with van der Waals surface area (Å²) < 4.78 is 2.05. The first kappa shape index (κ1) is 35.2. The molecule has 1 aromatic heterocycles. The lowest BCUT2D eigenvalue weighted by Crippen LogP contribution is -2.45. The van der Waals surface area contributed by atoms with Gasteiger partial charge >= 0.3 is 6.09 Å². The van der Waals surface area contributed by atoms with Gasteiger partial charge in [0.05, 0.1) is 5.56 Å². The number of carbonyl (C=O) groups excluding carboxylic acids is 2. The SMILES string of the molecule is CCCCN(CCCC)C(=O)c1cc(-c2cc3c(cc2C(=O)N2Cc4ccccc4C[C@H]2CCN(C)C)CN(C(=O)O)CC3)n(C)c1C. The van der Waals surface area contributed by atoms with E-state index in [9.17, 15) is 19.5 Å². The third-order valence-electron chi connectivity index (χ3n) is 10.3. The lowest BCUT2D eigenvalue weighted by atomic mass is 9.88. The lowest BCUT2D eigenvalue weighted by Gasteiger charge is -2.38. The molecule has 0 spiro atoms. The minimum atomic E-state index is -0.953. The lowest BCUT2D eigenvalue weighted by molar-refractivity contribution is 0.0620. The number of hydrogen-bond acceptors (Lipinski definition) is 4. The Bertz CT molecular complexity index is 1640. The molecule has 3 aromatic rings. The molecule has 1 atom stereocenters. The maximum atomic E-state index is 14.9. The van der Waals surface area contributed by atoms with E-state index < -0.39 is 6.09 Å². The second kappa shape index (κ2) is 15.4. The fourth-order valence-electron chi connectivity index (χ4n) is 7.16. The largest absolute Gasteiger partial charge is 0.465 e. The van der Waals surface area contributed by atoms with E-state index >= 15 is 0 Å². The zero-order valence-corrected chi connectivity index (χ0v) is 29.7. The molecule has 2 aliphatic rings. The molecular weight excluding hydrogens is 602 g/mol. The van der Waals surface area contributed by atoms with E-state index in [-0.39, 0.29) is 24.4 Å². The van der Waals surface area contributed by atoms with Crippen molar-refractivity contribution >= 4 is 17.9 Å². The Hall–Kier alpha value is -4.11. The van der Waals surface area contributed by atoms with Crippen LogP contribution < -0.4 is 0 Å². The number of amides is 3. The number of carboxylic acid groups (broad SMARTS) is 1. The summed E-state index contributed by atoms with van der Waals surface area (Å²) in [5, 5.41) is 9.79. The average molecular weight is 656 g/mol. The second-order valence-corrected chi connectivity index (χ2v) is 13.9. The van der Waals surface area contributed by atoms with E-state index in [0.717, 1.165) is 91.8 Å². The molecule has 2 aliphatic heterocycles. The van der Waals surface area contributed by atoms with Gasteiger partial charge in [-0.3, -0.25) is 9.59 Å². The minimum absolute atomic E-state index is 0.0205. The van der Waals surface area contributed by atoms with E-state index in [1.807, 2.05) is 46.5 Å². The minimum Gasteiger partial charge on any atom is -0.465 e. The van der Waals surface area contributed by atoms with Gasteiger partial charge in [0.25, 0.3) is 11.8 Å². The summed E-state index contributed by atoms with van der Waals surface area (Å²) in [7, 11) is 6.09. The van der Waals surface area contributed by atoms with Gasteiger partial charge in [-0.1, -0.05) is 51.0 Å². The fraction of sp³-hybridized carbons (Fsp3) is 0.513. The Morgan fingerprint density at radius 2 is 1.56 bits per heavy atom. The van der Waals surface area contributed by atoms with Crippen LogP contribution in [0.3, 0.4) is 0 Å². The highest BCUT2D eigenvalue weighted by atomic mass is 16.4. The maximum Gasteiger partial charge on any atom is 0.407 e. The number of hydrogen-bond donors (Lipinski definition) is 1. The number of benzene rings is 2. The molecule has 0 saturated heterocycles. The summed E-state index contributed by atoms with van der Waals surface area (Å²) in [6, 6.07) is 14.4. The van der Waals surface area contributed by atoms with Crippen molar-refractivity contribution in [3.8, 4) is 11.3 Å². The van der Waals surface area contributed by atoms with Crippen LogP contribution in [0.5, 0.6) is 0 Å². The molecule has 0 aliphatic carbocycles. The number of unbranched alkanes of at least 4 members (excludes halogenated alkanes) is 2. The molecule has 9 nitrogen and oxygen atoms in total. The molecule has 0 unspecified atom stereocenters. The van der Waals surface area contributed by atoms with Crippen LogP contribution in [0, 0.1) is 6.92 Å². The molecule has 9 heteroatoms. The van der Waals surface area contributed by atoms with Crippen LogP contribution in [-0.4, -0.2) is 93.5 Å². The normalized spacial score (nSPS) is 15.8. The molecule has 48 heavy (non-hydrogen) atoms. The quantitative estimate of drug-likeness (QED) is 0.238. The third kappa shape index (κ3) is 7.46. The maximum absolute atomic E-state index is 14.9. The average Bonchev–Trinajstić information content (AvgIpc) is 3.38. The van der Waals surface area contributed by atoms with Crippen molar-refractivity contribution in [2.75, 3.05) is 40.3 Å². The second-order valence-electron chi connectivity index (χ2n) is 13.9. The first-order chi connectivity index (χ1) is 23.0. The molecule has 0 fully saturated rings. The zero-order chi connectivity index (χ0) is 34.5. The summed E-state index contributed by atoms with van der Waals surface area (Å²) in [6.45, 7) is 9.76. The van der Waals surface area contributed by atoms with E-state index in [4.69, 9.17) is 0 Å². The van der Waals surface area contributed by atoms with Gasteiger partial charge in [0.1, 0.15) is 0 Å². The van der Waals surface area contributed by atoms with Crippen molar-refractivity contribution in [2.24, 2.45) is 7.05 Å². The Kier molecular flexibility index (Phi) is 11.3. The van der Waals surface area contributed by atoms with E-state index in [1.54, 1.807) is 0 Å². The van der Waals surface area contributed by atoms with Crippen LogP contribution in [0.15, 0.2) is 42.5 Å². The molecule has 3 heterocycles. The molecule has 1 N–H and O–H groups in total. The number of fused-ring (bicyclic) bond motifs is 2. The third-order valence-corrected chi connectivity index (χ3v) is 10.3. The van der Waals surface area contributed by atoms with Crippen molar-refractivity contribution in [1.29, 1.82) is 0 Å². The van der Waals surface area contributed by atoms with Crippen LogP contribution in [-0.2, 0) is 33.0 Å². The first-order valence-electron chi connectivity index (χ1n) is 17.7. The van der Waals surface area contributed by atoms with E-state index in [0.29, 0.717) is 30.6 Å². The predicted molar refractivity (Wildman–Crippen MR) is 190 cm³/mol. The summed E-state index contributed by atoms with van der Waals surface area (Å²) in [4.78, 5) is 48.5. The number of rotatable bonds is 12. The van der Waals surface area contributed by atoms with Crippen LogP contribution in [0.4, 0.5) is 4.79 Å². The highest BCUT2D eigenvalue weighted by Gasteiger charge is 2.34. The van der Waals surface area contributed by atoms with Crippen molar-refractivity contribution in [2.45, 2.75) is 84.8 Å². The molecule has 3 amide bonds. The molecule has 0 bridgehead atoms. The Morgan fingerprint density at radius 3 is 2.21 bits per heavy atom. The van der Waals surface area contributed by atoms with Gasteiger partial charge in [-0.2, -0.15) is 0 Å². The molecular formula is C39H53N5O4. The standard InChI is InChI=1S/C39H53N5O4/c1-7-9-17-42(18-10-8-2)37(45)33-24-36(41(6)27(33)3)34-22-29-15-20-43(39(47)48)25-31(29)23-35(34)38(46)44-26-30-14-12-11-13-28(30)21-32(44)16-19-40(4)5/h11-14,22-24,32H,7-10,15-21,25-26H2,1-6H3,(H,47,48)/t32-/m1/s1. The predicted octanol–water partition coefficient (Wildman–Crippen LogP) is 6.60. The van der Waals surface area contributed by atoms with Gasteiger partial charge in [-0.05, 0) is 100 Å². The van der Waals surface area contributed by atoms with E-state index in [1.165, 1.54) is 10.5 Å². The van der Waals surface area contributed by atoms with Crippen molar-refractivity contribution in [3.05, 3.63) is 81.5 Å². The Morgan fingerprint density at radius 1 is 0.875 bits per heavy atom. The van der Waals surface area contributed by atoms with E-state index in [2.05, 4.69) is 57.1 Å². The molecule has 0 saturated carbocycles. The van der Waals surface area contributed by atoms with Crippen molar-refractivity contribution < 1.29 is 19.5 Å². The Balaban J connectivity index is 1.61. The van der Waals surface area contributed by atoms with Crippen molar-refractivity contribution in [3.63, 3.8) is 0 Å². The van der Waals surface area contributed by atoms with Gasteiger partial charge in [0, 0.05) is 68.3 Å². The topological polar surface area (TPSA) is 89.3 Å². The Labute approximate surface area is 286 Å². The molecule has 2 aromatic carbocycles. The zero-order valence-electron chi connectivity index (χ0n) is 29.7. The number of nitrogens with zero attached hydrogens (tertiary/aromatic N) is 5. The molecule has 258 valence electrons. The van der Waals surface area contributed by atoms with Gasteiger partial charge < -0.3 is 29.3 Å². The van der Waals surface area contributed by atoms with Gasteiger partial charge in [0.15, 0.2) is 0 Å². The van der Waals surface area contributed by atoms with Crippen LogP contribution in [0.2, 0.25) is 0 Å². The highest BCUT2D eigenvalue weighted by Crippen LogP contribution is 2.36. The first-order valence-corrected chi connectivity index (χ1v) is 17.7. The summed E-state index contributed by atoms with van der Waals surface area (Å²) in [5.74, 6) is -0.0201. The van der Waals surface area contributed by atoms with Crippen LogP contribution in [0.25, 0.3) is 11.3 Å². The van der Waals surface area contributed by atoms with Gasteiger partial charge in [-0.25, -0.2) is 4.79 Å². The highest BCUT2D eigenvalue weighted by molar-refractivity contribution is 6.03. The molecule has 5 rings (SSSR count). The van der Waals surface area contributed by atoms with Crippen LogP contribution in [0.1, 0.15) is 94.6 Å². The number of aromatic nitrogens is 1. The monoisotopic (exact) mass is 655 g/mol. The number of carbonyl (C=O) groups is 3.